The molecule has 0 aliphatic carbocycles. The summed E-state index contributed by atoms with van der Waals surface area (Å²) in [6.07, 6.45) is 1.04. The van der Waals surface area contributed by atoms with E-state index in [-0.39, 0.29) is 18.3 Å². The molecule has 1 aliphatic rings. The zero-order valence-electron chi connectivity index (χ0n) is 18.4. The minimum absolute atomic E-state index is 0.210. The van der Waals surface area contributed by atoms with E-state index >= 15 is 0 Å². The van der Waals surface area contributed by atoms with Crippen LogP contribution in [0.1, 0.15) is 23.6 Å². The summed E-state index contributed by atoms with van der Waals surface area (Å²) in [6, 6.07) is 30.5. The zero-order valence-corrected chi connectivity index (χ0v) is 18.4. The lowest BCUT2D eigenvalue weighted by molar-refractivity contribution is -0.151. The molecule has 3 unspecified atom stereocenters. The number of hydrogen-bond acceptors (Lipinski definition) is 4. The molecule has 4 heteroatoms. The Morgan fingerprint density at radius 1 is 0.656 bits per heavy atom. The number of hydrogen-bond donors (Lipinski definition) is 0. The van der Waals surface area contributed by atoms with E-state index < -0.39 is 0 Å². The molecule has 0 radical (unpaired) electrons. The molecule has 0 saturated heterocycles. The maximum Gasteiger partial charge on any atom is 0.150 e. The fraction of sp³-hybridized carbons (Fsp3) is 0.286. The van der Waals surface area contributed by atoms with E-state index in [1.807, 2.05) is 61.5 Å². The standard InChI is InChI=1S/C28H30O4/c1-22-17-30-26(21-29-18-23-11-5-2-6-12-23)28(32-20-25-15-9-4-10-16-25)27(22)31-19-24-13-7-3-8-14-24/h2-17,26-28H,18-21H2,1H3. The highest BCUT2D eigenvalue weighted by molar-refractivity contribution is 5.17. The molecule has 0 saturated carbocycles. The first-order valence-electron chi connectivity index (χ1n) is 11.0. The molecule has 0 spiro atoms. The van der Waals surface area contributed by atoms with Gasteiger partial charge in [-0.15, -0.1) is 0 Å². The lowest BCUT2D eigenvalue weighted by atomic mass is 9.99. The van der Waals surface area contributed by atoms with Crippen LogP contribution in [0.5, 0.6) is 0 Å². The van der Waals surface area contributed by atoms with Crippen LogP contribution in [-0.4, -0.2) is 24.9 Å². The fourth-order valence-electron chi connectivity index (χ4n) is 3.74. The summed E-state index contributed by atoms with van der Waals surface area (Å²) >= 11 is 0. The van der Waals surface area contributed by atoms with Crippen LogP contribution in [0.15, 0.2) is 103 Å². The van der Waals surface area contributed by atoms with Crippen LogP contribution < -0.4 is 0 Å². The summed E-state index contributed by atoms with van der Waals surface area (Å²) < 4.78 is 24.8. The third-order valence-electron chi connectivity index (χ3n) is 5.49. The van der Waals surface area contributed by atoms with Crippen LogP contribution >= 0.6 is 0 Å². The van der Waals surface area contributed by atoms with Crippen LogP contribution in [-0.2, 0) is 38.8 Å². The van der Waals surface area contributed by atoms with Crippen molar-refractivity contribution < 1.29 is 18.9 Å². The third kappa shape index (κ3) is 6.30. The van der Waals surface area contributed by atoms with Gasteiger partial charge in [-0.3, -0.25) is 0 Å². The smallest absolute Gasteiger partial charge is 0.150 e. The predicted octanol–water partition coefficient (Wildman–Crippen LogP) is 5.68. The average Bonchev–Trinajstić information content (AvgIpc) is 2.85. The summed E-state index contributed by atoms with van der Waals surface area (Å²) in [4.78, 5) is 0. The summed E-state index contributed by atoms with van der Waals surface area (Å²) in [5.41, 5.74) is 4.39. The Labute approximate surface area is 190 Å². The Bertz CT molecular complexity index is 956. The summed E-state index contributed by atoms with van der Waals surface area (Å²) in [7, 11) is 0. The van der Waals surface area contributed by atoms with Gasteiger partial charge in [0.15, 0.2) is 0 Å². The zero-order chi connectivity index (χ0) is 22.0. The van der Waals surface area contributed by atoms with E-state index in [9.17, 15) is 0 Å². The van der Waals surface area contributed by atoms with Crippen molar-refractivity contribution in [3.05, 3.63) is 120 Å². The van der Waals surface area contributed by atoms with E-state index in [1.54, 1.807) is 6.26 Å². The first-order valence-corrected chi connectivity index (χ1v) is 11.0. The lowest BCUT2D eigenvalue weighted by Gasteiger charge is -2.37. The van der Waals surface area contributed by atoms with Gasteiger partial charge in [-0.25, -0.2) is 0 Å². The molecule has 0 bridgehead atoms. The lowest BCUT2D eigenvalue weighted by Crippen LogP contribution is -2.47. The van der Waals surface area contributed by atoms with Crippen molar-refractivity contribution in [1.82, 2.24) is 0 Å². The van der Waals surface area contributed by atoms with E-state index in [0.29, 0.717) is 26.4 Å². The van der Waals surface area contributed by atoms with Gasteiger partial charge in [0.2, 0.25) is 0 Å². The normalized spacial score (nSPS) is 20.4. The molecule has 3 aromatic rings. The molecular weight excluding hydrogens is 400 g/mol. The molecule has 166 valence electrons. The van der Waals surface area contributed by atoms with Crippen LogP contribution in [0.3, 0.4) is 0 Å². The fourth-order valence-corrected chi connectivity index (χ4v) is 3.74. The number of ether oxygens (including phenoxy) is 4. The monoisotopic (exact) mass is 430 g/mol. The highest BCUT2D eigenvalue weighted by atomic mass is 16.6. The van der Waals surface area contributed by atoms with Gasteiger partial charge in [-0.05, 0) is 29.2 Å². The van der Waals surface area contributed by atoms with Crippen LogP contribution in [0.2, 0.25) is 0 Å². The molecule has 4 nitrogen and oxygen atoms in total. The van der Waals surface area contributed by atoms with Crippen molar-refractivity contribution in [2.45, 2.75) is 45.1 Å². The minimum Gasteiger partial charge on any atom is -0.493 e. The molecule has 3 atom stereocenters. The summed E-state index contributed by atoms with van der Waals surface area (Å²) in [5.74, 6) is 0. The maximum atomic E-state index is 6.39. The van der Waals surface area contributed by atoms with E-state index in [2.05, 4.69) is 36.4 Å². The van der Waals surface area contributed by atoms with Gasteiger partial charge in [0.05, 0.1) is 32.7 Å². The molecule has 32 heavy (non-hydrogen) atoms. The van der Waals surface area contributed by atoms with Crippen LogP contribution in [0.25, 0.3) is 0 Å². The molecule has 0 fully saturated rings. The van der Waals surface area contributed by atoms with Crippen molar-refractivity contribution in [2.75, 3.05) is 6.61 Å². The molecule has 0 N–H and O–H groups in total. The van der Waals surface area contributed by atoms with Crippen LogP contribution in [0.4, 0.5) is 0 Å². The van der Waals surface area contributed by atoms with E-state index in [1.165, 1.54) is 0 Å². The second-order valence-corrected chi connectivity index (χ2v) is 8.02. The molecular formula is C28H30O4. The first-order chi connectivity index (χ1) is 15.8. The second-order valence-electron chi connectivity index (χ2n) is 8.02. The first kappa shape index (κ1) is 22.3. The Balaban J connectivity index is 1.44. The predicted molar refractivity (Wildman–Crippen MR) is 125 cm³/mol. The van der Waals surface area contributed by atoms with Gasteiger partial charge < -0.3 is 18.9 Å². The van der Waals surface area contributed by atoms with Crippen molar-refractivity contribution in [2.24, 2.45) is 0 Å². The van der Waals surface area contributed by atoms with Gasteiger partial charge in [-0.2, -0.15) is 0 Å². The minimum atomic E-state index is -0.278. The molecule has 1 heterocycles. The van der Waals surface area contributed by atoms with Crippen molar-refractivity contribution >= 4 is 0 Å². The van der Waals surface area contributed by atoms with E-state index in [4.69, 9.17) is 18.9 Å². The van der Waals surface area contributed by atoms with Crippen molar-refractivity contribution in [1.29, 1.82) is 0 Å². The molecule has 3 aromatic carbocycles. The Hall–Kier alpha value is -2.92. The second kappa shape index (κ2) is 11.6. The molecule has 0 aromatic heterocycles. The van der Waals surface area contributed by atoms with Crippen LogP contribution in [0, 0.1) is 0 Å². The highest BCUT2D eigenvalue weighted by Crippen LogP contribution is 2.27. The maximum absolute atomic E-state index is 6.39. The van der Waals surface area contributed by atoms with Crippen molar-refractivity contribution in [3.8, 4) is 0 Å². The molecule has 4 rings (SSSR count). The summed E-state index contributed by atoms with van der Waals surface area (Å²) in [6.45, 7) is 3.98. The van der Waals surface area contributed by atoms with E-state index in [0.717, 1.165) is 22.3 Å². The Kier molecular flexibility index (Phi) is 8.10. The van der Waals surface area contributed by atoms with Gasteiger partial charge >= 0.3 is 0 Å². The molecule has 1 aliphatic heterocycles. The quantitative estimate of drug-likeness (QED) is 0.415. The number of rotatable bonds is 10. The number of benzene rings is 3. The van der Waals surface area contributed by atoms with Gasteiger partial charge in [0.25, 0.3) is 0 Å². The Morgan fingerprint density at radius 2 is 1.16 bits per heavy atom. The highest BCUT2D eigenvalue weighted by Gasteiger charge is 2.37. The van der Waals surface area contributed by atoms with Gasteiger partial charge in [0, 0.05) is 0 Å². The Morgan fingerprint density at radius 3 is 1.72 bits per heavy atom. The topological polar surface area (TPSA) is 36.9 Å². The van der Waals surface area contributed by atoms with Crippen molar-refractivity contribution in [3.63, 3.8) is 0 Å². The summed E-state index contributed by atoms with van der Waals surface area (Å²) in [5, 5.41) is 0. The van der Waals surface area contributed by atoms with Gasteiger partial charge in [0.1, 0.15) is 18.3 Å². The van der Waals surface area contributed by atoms with Gasteiger partial charge in [-0.1, -0.05) is 91.0 Å². The average molecular weight is 431 g/mol. The SMILES string of the molecule is CC1=COC(COCc2ccccc2)C(OCc2ccccc2)C1OCc1ccccc1. The third-order valence-corrected chi connectivity index (χ3v) is 5.49. The largest absolute Gasteiger partial charge is 0.493 e. The molecule has 0 amide bonds.